The molecule has 4 nitrogen and oxygen atoms in total. The van der Waals surface area contributed by atoms with E-state index in [2.05, 4.69) is 0 Å². The molecule has 1 N–H and O–H groups in total. The van der Waals surface area contributed by atoms with Crippen LogP contribution in [-0.4, -0.2) is 35.0 Å². The SMILES string of the molecule is O=C(O)c1cc(Cl)cc(-c2cccc(C(=O)N3CCCC3)c2)c1. The molecule has 1 aliphatic rings. The summed E-state index contributed by atoms with van der Waals surface area (Å²) in [5.41, 5.74) is 2.20. The summed E-state index contributed by atoms with van der Waals surface area (Å²) >= 11 is 6.01. The van der Waals surface area contributed by atoms with E-state index in [0.29, 0.717) is 16.1 Å². The monoisotopic (exact) mass is 329 g/mol. The van der Waals surface area contributed by atoms with Gasteiger partial charge in [-0.05, 0) is 54.3 Å². The summed E-state index contributed by atoms with van der Waals surface area (Å²) in [6, 6.07) is 11.9. The Bertz CT molecular complexity index is 767. The van der Waals surface area contributed by atoms with Crippen molar-refractivity contribution in [3.8, 4) is 11.1 Å². The molecule has 1 heterocycles. The number of amides is 1. The Balaban J connectivity index is 1.96. The van der Waals surface area contributed by atoms with Gasteiger partial charge in [0.25, 0.3) is 5.91 Å². The van der Waals surface area contributed by atoms with E-state index in [1.54, 1.807) is 30.3 Å². The standard InChI is InChI=1S/C18H16ClNO3/c19-16-10-14(9-15(11-16)18(22)23)12-4-3-5-13(8-12)17(21)20-6-1-2-7-20/h3-5,8-11H,1-2,6-7H2,(H,22,23). The van der Waals surface area contributed by atoms with Crippen LogP contribution in [0.1, 0.15) is 33.6 Å². The van der Waals surface area contributed by atoms with E-state index in [4.69, 9.17) is 16.7 Å². The number of halogens is 1. The third-order valence-electron chi connectivity index (χ3n) is 3.98. The van der Waals surface area contributed by atoms with Gasteiger partial charge in [-0.2, -0.15) is 0 Å². The van der Waals surface area contributed by atoms with Gasteiger partial charge in [0, 0.05) is 23.7 Å². The lowest BCUT2D eigenvalue weighted by Crippen LogP contribution is -2.27. The van der Waals surface area contributed by atoms with Crippen LogP contribution in [0, 0.1) is 0 Å². The predicted molar refractivity (Wildman–Crippen MR) is 89.0 cm³/mol. The Hall–Kier alpha value is -2.33. The van der Waals surface area contributed by atoms with Crippen LogP contribution >= 0.6 is 11.6 Å². The van der Waals surface area contributed by atoms with Gasteiger partial charge in [-0.3, -0.25) is 4.79 Å². The lowest BCUT2D eigenvalue weighted by atomic mass is 10.0. The molecule has 1 saturated heterocycles. The summed E-state index contributed by atoms with van der Waals surface area (Å²) in [6.45, 7) is 1.59. The molecule has 0 aromatic heterocycles. The summed E-state index contributed by atoms with van der Waals surface area (Å²) in [6.07, 6.45) is 2.09. The molecule has 118 valence electrons. The molecule has 0 aliphatic carbocycles. The van der Waals surface area contributed by atoms with Gasteiger partial charge in [-0.15, -0.1) is 0 Å². The van der Waals surface area contributed by atoms with Crippen LogP contribution in [0.25, 0.3) is 11.1 Å². The lowest BCUT2D eigenvalue weighted by Gasteiger charge is -2.15. The van der Waals surface area contributed by atoms with E-state index in [-0.39, 0.29) is 11.5 Å². The lowest BCUT2D eigenvalue weighted by molar-refractivity contribution is 0.0696. The molecular weight excluding hydrogens is 314 g/mol. The van der Waals surface area contributed by atoms with Gasteiger partial charge in [0.05, 0.1) is 5.56 Å². The van der Waals surface area contributed by atoms with Crippen molar-refractivity contribution in [1.29, 1.82) is 0 Å². The number of benzene rings is 2. The number of aromatic carboxylic acids is 1. The maximum Gasteiger partial charge on any atom is 0.335 e. The minimum absolute atomic E-state index is 0.0184. The smallest absolute Gasteiger partial charge is 0.335 e. The Labute approximate surface area is 139 Å². The average Bonchev–Trinajstić information content (AvgIpc) is 3.08. The second-order valence-corrected chi connectivity index (χ2v) is 6.05. The number of nitrogens with zero attached hydrogens (tertiary/aromatic N) is 1. The molecule has 3 rings (SSSR count). The number of carbonyl (C=O) groups excluding carboxylic acids is 1. The first kappa shape index (κ1) is 15.6. The van der Waals surface area contributed by atoms with Crippen LogP contribution in [0.4, 0.5) is 0 Å². The fourth-order valence-electron chi connectivity index (χ4n) is 2.81. The highest BCUT2D eigenvalue weighted by Crippen LogP contribution is 2.26. The number of hydrogen-bond donors (Lipinski definition) is 1. The molecular formula is C18H16ClNO3. The van der Waals surface area contributed by atoms with Gasteiger partial charge in [0.1, 0.15) is 0 Å². The van der Waals surface area contributed by atoms with Crippen molar-refractivity contribution in [2.45, 2.75) is 12.8 Å². The van der Waals surface area contributed by atoms with Crippen molar-refractivity contribution in [3.63, 3.8) is 0 Å². The molecule has 2 aromatic carbocycles. The van der Waals surface area contributed by atoms with Gasteiger partial charge < -0.3 is 10.0 Å². The maximum atomic E-state index is 12.5. The van der Waals surface area contributed by atoms with Crippen molar-refractivity contribution in [1.82, 2.24) is 4.90 Å². The predicted octanol–water partition coefficient (Wildman–Crippen LogP) is 3.94. The van der Waals surface area contributed by atoms with Crippen molar-refractivity contribution in [2.75, 3.05) is 13.1 Å². The van der Waals surface area contributed by atoms with Crippen molar-refractivity contribution in [2.24, 2.45) is 0 Å². The number of carbonyl (C=O) groups is 2. The topological polar surface area (TPSA) is 57.6 Å². The highest BCUT2D eigenvalue weighted by Gasteiger charge is 2.19. The first-order chi connectivity index (χ1) is 11.0. The number of rotatable bonds is 3. The van der Waals surface area contributed by atoms with Crippen LogP contribution in [0.5, 0.6) is 0 Å². The van der Waals surface area contributed by atoms with E-state index in [9.17, 15) is 9.59 Å². The normalized spacial score (nSPS) is 14.0. The van der Waals surface area contributed by atoms with Crippen LogP contribution in [0.2, 0.25) is 5.02 Å². The van der Waals surface area contributed by atoms with E-state index in [1.807, 2.05) is 11.0 Å². The van der Waals surface area contributed by atoms with Crippen molar-refractivity contribution in [3.05, 3.63) is 58.6 Å². The van der Waals surface area contributed by atoms with Gasteiger partial charge in [0.2, 0.25) is 0 Å². The van der Waals surface area contributed by atoms with Gasteiger partial charge >= 0.3 is 5.97 Å². The van der Waals surface area contributed by atoms with Crippen LogP contribution in [0.3, 0.4) is 0 Å². The molecule has 0 unspecified atom stereocenters. The Morgan fingerprint density at radius 1 is 0.957 bits per heavy atom. The fraction of sp³-hybridized carbons (Fsp3) is 0.222. The molecule has 0 radical (unpaired) electrons. The van der Waals surface area contributed by atoms with Crippen LogP contribution < -0.4 is 0 Å². The number of carboxylic acid groups (broad SMARTS) is 1. The molecule has 0 bridgehead atoms. The number of likely N-dealkylation sites (tertiary alicyclic amines) is 1. The molecule has 1 aliphatic heterocycles. The van der Waals surface area contributed by atoms with Gasteiger partial charge in [-0.25, -0.2) is 4.79 Å². The molecule has 0 atom stereocenters. The number of hydrogen-bond acceptors (Lipinski definition) is 2. The first-order valence-electron chi connectivity index (χ1n) is 7.48. The Morgan fingerprint density at radius 3 is 2.35 bits per heavy atom. The zero-order chi connectivity index (χ0) is 16.4. The summed E-state index contributed by atoms with van der Waals surface area (Å²) in [5.74, 6) is -1.01. The number of carboxylic acids is 1. The average molecular weight is 330 g/mol. The first-order valence-corrected chi connectivity index (χ1v) is 7.86. The van der Waals surface area contributed by atoms with Crippen LogP contribution in [0.15, 0.2) is 42.5 Å². The summed E-state index contributed by atoms with van der Waals surface area (Å²) in [5, 5.41) is 9.51. The highest BCUT2D eigenvalue weighted by atomic mass is 35.5. The van der Waals surface area contributed by atoms with E-state index >= 15 is 0 Å². The van der Waals surface area contributed by atoms with Gasteiger partial charge in [0.15, 0.2) is 0 Å². The molecule has 5 heteroatoms. The molecule has 1 fully saturated rings. The minimum atomic E-state index is -1.03. The van der Waals surface area contributed by atoms with Crippen molar-refractivity contribution >= 4 is 23.5 Å². The van der Waals surface area contributed by atoms with E-state index in [1.165, 1.54) is 6.07 Å². The third-order valence-corrected chi connectivity index (χ3v) is 4.20. The summed E-state index contributed by atoms with van der Waals surface area (Å²) in [7, 11) is 0. The zero-order valence-electron chi connectivity index (χ0n) is 12.5. The molecule has 0 saturated carbocycles. The largest absolute Gasteiger partial charge is 0.478 e. The maximum absolute atomic E-state index is 12.5. The third kappa shape index (κ3) is 3.37. The second kappa shape index (κ2) is 6.42. The quantitative estimate of drug-likeness (QED) is 0.927. The van der Waals surface area contributed by atoms with E-state index in [0.717, 1.165) is 31.5 Å². The Kier molecular flexibility index (Phi) is 4.35. The summed E-state index contributed by atoms with van der Waals surface area (Å²) < 4.78 is 0. The Morgan fingerprint density at radius 2 is 1.65 bits per heavy atom. The molecule has 2 aromatic rings. The summed E-state index contributed by atoms with van der Waals surface area (Å²) in [4.78, 5) is 25.5. The second-order valence-electron chi connectivity index (χ2n) is 5.61. The van der Waals surface area contributed by atoms with Gasteiger partial charge in [-0.1, -0.05) is 23.7 Å². The molecule has 1 amide bonds. The zero-order valence-corrected chi connectivity index (χ0v) is 13.2. The van der Waals surface area contributed by atoms with E-state index < -0.39 is 5.97 Å². The van der Waals surface area contributed by atoms with Crippen molar-refractivity contribution < 1.29 is 14.7 Å². The molecule has 0 spiro atoms. The minimum Gasteiger partial charge on any atom is -0.478 e. The highest BCUT2D eigenvalue weighted by molar-refractivity contribution is 6.31. The van der Waals surface area contributed by atoms with Crippen LogP contribution in [-0.2, 0) is 0 Å². The fourth-order valence-corrected chi connectivity index (χ4v) is 3.05. The molecule has 23 heavy (non-hydrogen) atoms.